The number of hydrogen-bond donors (Lipinski definition) is 2. The molecule has 1 amide bonds. The van der Waals surface area contributed by atoms with Crippen LogP contribution in [-0.2, 0) is 4.79 Å². The van der Waals surface area contributed by atoms with Crippen LogP contribution >= 0.6 is 0 Å². The van der Waals surface area contributed by atoms with Gasteiger partial charge in [-0.15, -0.1) is 0 Å². The van der Waals surface area contributed by atoms with E-state index in [2.05, 4.69) is 19.2 Å². The van der Waals surface area contributed by atoms with E-state index >= 15 is 0 Å². The average Bonchev–Trinajstić information content (AvgIpc) is 2.85. The maximum atomic E-state index is 12.3. The van der Waals surface area contributed by atoms with Crippen molar-refractivity contribution in [3.05, 3.63) is 0 Å². The molecule has 122 valence electrons. The third-order valence-corrected chi connectivity index (χ3v) is 5.53. The number of nitrogens with one attached hydrogen (secondary N) is 1. The maximum absolute atomic E-state index is 12.3. The molecule has 2 fully saturated rings. The number of carbonyl (C=O) groups is 1. The zero-order chi connectivity index (χ0) is 15.3. The molecule has 2 aliphatic rings. The Morgan fingerprint density at radius 1 is 1.05 bits per heavy atom. The summed E-state index contributed by atoms with van der Waals surface area (Å²) in [4.78, 5) is 12.3. The molecule has 2 aliphatic carbocycles. The highest BCUT2D eigenvalue weighted by Crippen LogP contribution is 2.42. The molecule has 3 heteroatoms. The van der Waals surface area contributed by atoms with E-state index in [-0.39, 0.29) is 11.4 Å². The van der Waals surface area contributed by atoms with Gasteiger partial charge in [0.05, 0.1) is 0 Å². The lowest BCUT2D eigenvalue weighted by Crippen LogP contribution is -2.47. The first-order chi connectivity index (χ1) is 9.93. The fourth-order valence-corrected chi connectivity index (χ4v) is 4.55. The van der Waals surface area contributed by atoms with Gasteiger partial charge in [-0.3, -0.25) is 4.79 Å². The molecule has 0 bridgehead atoms. The van der Waals surface area contributed by atoms with Gasteiger partial charge in [0.25, 0.3) is 0 Å². The molecule has 0 aromatic heterocycles. The Labute approximate surface area is 130 Å². The molecule has 0 saturated heterocycles. The highest BCUT2D eigenvalue weighted by molar-refractivity contribution is 5.77. The third-order valence-electron chi connectivity index (χ3n) is 5.53. The van der Waals surface area contributed by atoms with Crippen LogP contribution in [0.4, 0.5) is 0 Å². The molecule has 21 heavy (non-hydrogen) atoms. The summed E-state index contributed by atoms with van der Waals surface area (Å²) in [6, 6.07) is 0. The lowest BCUT2D eigenvalue weighted by atomic mass is 9.78. The fraction of sp³-hybridized carbons (Fsp3) is 0.944. The van der Waals surface area contributed by atoms with Crippen LogP contribution in [0.15, 0.2) is 0 Å². The smallest absolute Gasteiger partial charge is 0.221 e. The Balaban J connectivity index is 1.81. The molecule has 3 nitrogen and oxygen atoms in total. The van der Waals surface area contributed by atoms with E-state index in [9.17, 15) is 4.79 Å². The van der Waals surface area contributed by atoms with Crippen molar-refractivity contribution in [1.29, 1.82) is 0 Å². The fourth-order valence-electron chi connectivity index (χ4n) is 4.55. The lowest BCUT2D eigenvalue weighted by Gasteiger charge is -2.34. The molecular formula is C18H34N2O. The summed E-state index contributed by atoms with van der Waals surface area (Å²) in [6.07, 6.45) is 12.6. The normalized spacial score (nSPS) is 24.2. The Morgan fingerprint density at radius 3 is 2.19 bits per heavy atom. The van der Waals surface area contributed by atoms with Crippen molar-refractivity contribution in [2.24, 2.45) is 17.1 Å². The van der Waals surface area contributed by atoms with Crippen molar-refractivity contribution in [1.82, 2.24) is 5.32 Å². The van der Waals surface area contributed by atoms with Gasteiger partial charge in [-0.25, -0.2) is 0 Å². The van der Waals surface area contributed by atoms with Gasteiger partial charge in [-0.2, -0.15) is 0 Å². The van der Waals surface area contributed by atoms with Gasteiger partial charge < -0.3 is 11.1 Å². The number of nitrogens with two attached hydrogens (primary N) is 1. The minimum atomic E-state index is -0.233. The summed E-state index contributed by atoms with van der Waals surface area (Å²) < 4.78 is 0. The highest BCUT2D eigenvalue weighted by Gasteiger charge is 2.35. The van der Waals surface area contributed by atoms with E-state index in [0.717, 1.165) is 19.4 Å². The monoisotopic (exact) mass is 294 g/mol. The molecule has 0 aromatic rings. The molecule has 2 saturated carbocycles. The summed E-state index contributed by atoms with van der Waals surface area (Å²) in [5.41, 5.74) is 6.52. The molecule has 0 aromatic carbocycles. The predicted molar refractivity (Wildman–Crippen MR) is 88.0 cm³/mol. The SMILES string of the molecule is CC(C)CC1(CNC(=O)CC2(N)CCCCC2)CCCC1. The highest BCUT2D eigenvalue weighted by atomic mass is 16.1. The average molecular weight is 294 g/mol. The minimum Gasteiger partial charge on any atom is -0.355 e. The second-order valence-electron chi connectivity index (χ2n) is 8.18. The van der Waals surface area contributed by atoms with Crippen LogP contribution in [-0.4, -0.2) is 18.0 Å². The standard InChI is InChI=1S/C18H34N2O/c1-15(2)12-17(8-6-7-9-17)14-20-16(21)13-18(19)10-4-3-5-11-18/h15H,3-14,19H2,1-2H3,(H,20,21). The van der Waals surface area contributed by atoms with E-state index in [0.29, 0.717) is 17.8 Å². The van der Waals surface area contributed by atoms with E-state index in [4.69, 9.17) is 5.73 Å². The first-order valence-electron chi connectivity index (χ1n) is 8.99. The molecule has 0 radical (unpaired) electrons. The maximum Gasteiger partial charge on any atom is 0.221 e. The Bertz CT molecular complexity index is 339. The van der Waals surface area contributed by atoms with Crippen LogP contribution in [0.25, 0.3) is 0 Å². The van der Waals surface area contributed by atoms with Crippen LogP contribution in [0.2, 0.25) is 0 Å². The molecule has 0 heterocycles. The van der Waals surface area contributed by atoms with E-state index in [1.807, 2.05) is 0 Å². The van der Waals surface area contributed by atoms with Gasteiger partial charge in [0.2, 0.25) is 5.91 Å². The first-order valence-corrected chi connectivity index (χ1v) is 8.99. The summed E-state index contributed by atoms with van der Waals surface area (Å²) in [5.74, 6) is 0.883. The molecule has 3 N–H and O–H groups in total. The van der Waals surface area contributed by atoms with Gasteiger partial charge in [0.1, 0.15) is 0 Å². The van der Waals surface area contributed by atoms with Gasteiger partial charge in [0.15, 0.2) is 0 Å². The van der Waals surface area contributed by atoms with E-state index in [1.54, 1.807) is 0 Å². The van der Waals surface area contributed by atoms with Crippen LogP contribution in [0.5, 0.6) is 0 Å². The van der Waals surface area contributed by atoms with Crippen molar-refractivity contribution >= 4 is 5.91 Å². The van der Waals surface area contributed by atoms with Crippen molar-refractivity contribution in [2.45, 2.75) is 90.0 Å². The number of amides is 1. The summed E-state index contributed by atoms with van der Waals surface area (Å²) >= 11 is 0. The summed E-state index contributed by atoms with van der Waals surface area (Å²) in [6.45, 7) is 5.44. The largest absolute Gasteiger partial charge is 0.355 e. The van der Waals surface area contributed by atoms with Gasteiger partial charge in [0, 0.05) is 18.5 Å². The molecule has 0 aliphatic heterocycles. The Kier molecular flexibility index (Phi) is 5.70. The molecular weight excluding hydrogens is 260 g/mol. The molecule has 2 rings (SSSR count). The van der Waals surface area contributed by atoms with Gasteiger partial charge in [-0.1, -0.05) is 46.0 Å². The van der Waals surface area contributed by atoms with Crippen LogP contribution in [0.3, 0.4) is 0 Å². The van der Waals surface area contributed by atoms with Gasteiger partial charge in [-0.05, 0) is 43.4 Å². The summed E-state index contributed by atoms with van der Waals surface area (Å²) in [5, 5.41) is 3.22. The zero-order valence-corrected chi connectivity index (χ0v) is 14.0. The number of rotatable bonds is 6. The van der Waals surface area contributed by atoms with Gasteiger partial charge >= 0.3 is 0 Å². The Morgan fingerprint density at radius 2 is 1.62 bits per heavy atom. The van der Waals surface area contributed by atoms with Crippen molar-refractivity contribution in [3.8, 4) is 0 Å². The quantitative estimate of drug-likeness (QED) is 0.783. The minimum absolute atomic E-state index is 0.175. The van der Waals surface area contributed by atoms with E-state index in [1.165, 1.54) is 51.4 Å². The first kappa shape index (κ1) is 16.8. The van der Waals surface area contributed by atoms with Crippen LogP contribution in [0.1, 0.15) is 84.5 Å². The third kappa shape index (κ3) is 4.98. The lowest BCUT2D eigenvalue weighted by molar-refractivity contribution is -0.123. The summed E-state index contributed by atoms with van der Waals surface area (Å²) in [7, 11) is 0. The molecule has 0 spiro atoms. The van der Waals surface area contributed by atoms with Crippen molar-refractivity contribution in [3.63, 3.8) is 0 Å². The molecule has 0 atom stereocenters. The molecule has 0 unspecified atom stereocenters. The van der Waals surface area contributed by atoms with Crippen LogP contribution < -0.4 is 11.1 Å². The van der Waals surface area contributed by atoms with Crippen LogP contribution in [0, 0.1) is 11.3 Å². The number of hydrogen-bond acceptors (Lipinski definition) is 2. The van der Waals surface area contributed by atoms with E-state index < -0.39 is 0 Å². The second-order valence-corrected chi connectivity index (χ2v) is 8.18. The Hall–Kier alpha value is -0.570. The predicted octanol–water partition coefficient (Wildman–Crippen LogP) is 3.76. The second kappa shape index (κ2) is 7.13. The van der Waals surface area contributed by atoms with Crippen molar-refractivity contribution in [2.75, 3.05) is 6.54 Å². The topological polar surface area (TPSA) is 55.1 Å². The number of carbonyl (C=O) groups excluding carboxylic acids is 1. The van der Waals surface area contributed by atoms with Crippen molar-refractivity contribution < 1.29 is 4.79 Å². The zero-order valence-electron chi connectivity index (χ0n) is 14.0.